The molecule has 0 aliphatic rings. The molecule has 4 nitrogen and oxygen atoms in total. The van der Waals surface area contributed by atoms with Crippen LogP contribution in [0, 0.1) is 6.92 Å². The highest BCUT2D eigenvalue weighted by Gasteiger charge is 2.23. The first-order valence-electron chi connectivity index (χ1n) is 5.81. The largest absolute Gasteiger partial charge is 0.508 e. The van der Waals surface area contributed by atoms with Gasteiger partial charge in [-0.3, -0.25) is 0 Å². The van der Waals surface area contributed by atoms with E-state index in [9.17, 15) is 13.5 Å². The zero-order chi connectivity index (χ0) is 14.9. The van der Waals surface area contributed by atoms with E-state index in [4.69, 9.17) is 0 Å². The van der Waals surface area contributed by atoms with Crippen molar-refractivity contribution < 1.29 is 13.5 Å². The van der Waals surface area contributed by atoms with Gasteiger partial charge in [0.15, 0.2) is 0 Å². The number of rotatable bonds is 4. The number of hydrogen-bond acceptors (Lipinski definition) is 4. The van der Waals surface area contributed by atoms with Crippen LogP contribution in [0.1, 0.15) is 11.1 Å². The molecule has 0 radical (unpaired) electrons. The number of aryl methyl sites for hydroxylation is 1. The molecule has 0 bridgehead atoms. The number of halogens is 1. The fraction of sp³-hybridized carbons (Fsp3) is 0.231. The minimum atomic E-state index is -3.51. The third-order valence-corrected chi connectivity index (χ3v) is 7.20. The van der Waals surface area contributed by atoms with Gasteiger partial charge in [0.05, 0.1) is 3.79 Å². The van der Waals surface area contributed by atoms with Gasteiger partial charge in [-0.05, 0) is 52.2 Å². The summed E-state index contributed by atoms with van der Waals surface area (Å²) in [5.41, 5.74) is 1.64. The fourth-order valence-corrected chi connectivity index (χ4v) is 5.31. The highest BCUT2D eigenvalue weighted by Crippen LogP contribution is 2.32. The molecule has 0 aliphatic heterocycles. The molecule has 0 saturated heterocycles. The van der Waals surface area contributed by atoms with Crippen LogP contribution in [0.25, 0.3) is 0 Å². The third kappa shape index (κ3) is 3.22. The van der Waals surface area contributed by atoms with Crippen molar-refractivity contribution in [3.63, 3.8) is 0 Å². The summed E-state index contributed by atoms with van der Waals surface area (Å²) >= 11 is 4.54. The Hall–Kier alpha value is -0.890. The monoisotopic (exact) mass is 375 g/mol. The fourth-order valence-electron chi connectivity index (χ4n) is 1.71. The molecular weight excluding hydrogens is 362 g/mol. The highest BCUT2D eigenvalue weighted by molar-refractivity contribution is 9.11. The van der Waals surface area contributed by atoms with Crippen molar-refractivity contribution in [2.45, 2.75) is 17.7 Å². The minimum absolute atomic E-state index is 0.128. The molecule has 20 heavy (non-hydrogen) atoms. The van der Waals surface area contributed by atoms with Crippen LogP contribution in [0.2, 0.25) is 0 Å². The second-order valence-electron chi connectivity index (χ2n) is 4.45. The lowest BCUT2D eigenvalue weighted by atomic mass is 10.2. The topological polar surface area (TPSA) is 57.6 Å². The van der Waals surface area contributed by atoms with Crippen LogP contribution in [0.4, 0.5) is 0 Å². The summed E-state index contributed by atoms with van der Waals surface area (Å²) in [5, 5.41) is 9.41. The van der Waals surface area contributed by atoms with Crippen LogP contribution in [0.5, 0.6) is 5.75 Å². The molecule has 2 aromatic rings. The first kappa shape index (κ1) is 15.5. The first-order chi connectivity index (χ1) is 9.30. The van der Waals surface area contributed by atoms with E-state index in [0.717, 1.165) is 14.9 Å². The summed E-state index contributed by atoms with van der Waals surface area (Å²) in [6.45, 7) is 2.07. The molecule has 1 heterocycles. The number of benzene rings is 1. The number of nitrogens with zero attached hydrogens (tertiary/aromatic N) is 1. The molecule has 2 rings (SSSR count). The first-order valence-corrected chi connectivity index (χ1v) is 8.86. The second kappa shape index (κ2) is 5.85. The van der Waals surface area contributed by atoms with E-state index in [-0.39, 0.29) is 12.3 Å². The Morgan fingerprint density at radius 2 is 2.05 bits per heavy atom. The molecule has 0 saturated carbocycles. The minimum Gasteiger partial charge on any atom is -0.508 e. The van der Waals surface area contributed by atoms with Gasteiger partial charge in [-0.1, -0.05) is 12.1 Å². The van der Waals surface area contributed by atoms with Crippen molar-refractivity contribution in [1.29, 1.82) is 0 Å². The SMILES string of the molecule is Cc1cc(S(=O)(=O)N(C)Cc2cccc(O)c2)sc1Br. The van der Waals surface area contributed by atoms with Gasteiger partial charge in [0.2, 0.25) is 0 Å². The van der Waals surface area contributed by atoms with Crippen molar-refractivity contribution in [1.82, 2.24) is 4.31 Å². The lowest BCUT2D eigenvalue weighted by Crippen LogP contribution is -2.25. The van der Waals surface area contributed by atoms with E-state index in [1.807, 2.05) is 6.92 Å². The summed E-state index contributed by atoms with van der Waals surface area (Å²) in [4.78, 5) is 0. The van der Waals surface area contributed by atoms with E-state index in [2.05, 4.69) is 15.9 Å². The highest BCUT2D eigenvalue weighted by atomic mass is 79.9. The summed E-state index contributed by atoms with van der Waals surface area (Å²) in [6, 6.07) is 8.24. The Balaban J connectivity index is 2.25. The Morgan fingerprint density at radius 3 is 2.60 bits per heavy atom. The summed E-state index contributed by atoms with van der Waals surface area (Å²) in [7, 11) is -1.98. The van der Waals surface area contributed by atoms with Crippen LogP contribution < -0.4 is 0 Å². The Kier molecular flexibility index (Phi) is 4.53. The molecule has 1 N–H and O–H groups in total. The molecule has 0 atom stereocenters. The van der Waals surface area contributed by atoms with Crippen LogP contribution in [0.3, 0.4) is 0 Å². The zero-order valence-electron chi connectivity index (χ0n) is 11.0. The Morgan fingerprint density at radius 1 is 1.35 bits per heavy atom. The number of phenolic OH excluding ortho intramolecular Hbond substituents is 1. The molecule has 7 heteroatoms. The maximum atomic E-state index is 12.4. The van der Waals surface area contributed by atoms with Crippen LogP contribution in [0.15, 0.2) is 38.3 Å². The van der Waals surface area contributed by atoms with Gasteiger partial charge in [-0.25, -0.2) is 8.42 Å². The average Bonchev–Trinajstić information content (AvgIpc) is 2.70. The number of aromatic hydroxyl groups is 1. The molecule has 108 valence electrons. The van der Waals surface area contributed by atoms with Gasteiger partial charge in [0, 0.05) is 13.6 Å². The predicted molar refractivity (Wildman–Crippen MR) is 83.5 cm³/mol. The Bertz CT molecular complexity index is 705. The molecule has 0 aliphatic carbocycles. The maximum Gasteiger partial charge on any atom is 0.252 e. The number of hydrogen-bond donors (Lipinski definition) is 1. The average molecular weight is 376 g/mol. The smallest absolute Gasteiger partial charge is 0.252 e. The number of sulfonamides is 1. The van der Waals surface area contributed by atoms with Crippen LogP contribution in [-0.2, 0) is 16.6 Å². The van der Waals surface area contributed by atoms with Crippen molar-refractivity contribution >= 4 is 37.3 Å². The maximum absolute atomic E-state index is 12.4. The van der Waals surface area contributed by atoms with Gasteiger partial charge in [0.1, 0.15) is 9.96 Å². The third-order valence-electron chi connectivity index (χ3n) is 2.81. The van der Waals surface area contributed by atoms with Crippen molar-refractivity contribution in [3.8, 4) is 5.75 Å². The van der Waals surface area contributed by atoms with E-state index >= 15 is 0 Å². The van der Waals surface area contributed by atoms with Gasteiger partial charge in [0.25, 0.3) is 10.0 Å². The number of phenols is 1. The van der Waals surface area contributed by atoms with E-state index in [1.165, 1.54) is 22.7 Å². The van der Waals surface area contributed by atoms with Crippen LogP contribution >= 0.6 is 27.3 Å². The lowest BCUT2D eigenvalue weighted by Gasteiger charge is -2.16. The molecule has 1 aromatic carbocycles. The van der Waals surface area contributed by atoms with E-state index in [0.29, 0.717) is 4.21 Å². The molecular formula is C13H14BrNO3S2. The standard InChI is InChI=1S/C13H14BrNO3S2/c1-9-6-12(19-13(9)14)20(17,18)15(2)8-10-4-3-5-11(16)7-10/h3-7,16H,8H2,1-2H3. The van der Waals surface area contributed by atoms with Crippen LogP contribution in [-0.4, -0.2) is 24.9 Å². The van der Waals surface area contributed by atoms with Crippen molar-refractivity contribution in [3.05, 3.63) is 45.2 Å². The molecule has 0 spiro atoms. The summed E-state index contributed by atoms with van der Waals surface area (Å²) in [6.07, 6.45) is 0. The zero-order valence-corrected chi connectivity index (χ0v) is 14.2. The molecule has 0 amide bonds. The Labute approximate surface area is 130 Å². The molecule has 1 aromatic heterocycles. The normalized spacial score (nSPS) is 12.0. The predicted octanol–water partition coefficient (Wildman–Crippen LogP) is 3.35. The van der Waals surface area contributed by atoms with Gasteiger partial charge < -0.3 is 5.11 Å². The van der Waals surface area contributed by atoms with Crippen molar-refractivity contribution in [2.24, 2.45) is 0 Å². The van der Waals surface area contributed by atoms with Crippen molar-refractivity contribution in [2.75, 3.05) is 7.05 Å². The van der Waals surface area contributed by atoms with E-state index in [1.54, 1.807) is 30.3 Å². The number of thiophene rings is 1. The van der Waals surface area contributed by atoms with Gasteiger partial charge >= 0.3 is 0 Å². The second-order valence-corrected chi connectivity index (χ2v) is 9.09. The summed E-state index contributed by atoms with van der Waals surface area (Å²) in [5.74, 6) is 0.128. The quantitative estimate of drug-likeness (QED) is 0.891. The lowest BCUT2D eigenvalue weighted by molar-refractivity contribution is 0.459. The molecule has 0 fully saturated rings. The van der Waals surface area contributed by atoms with Gasteiger partial charge in [-0.15, -0.1) is 11.3 Å². The van der Waals surface area contributed by atoms with E-state index < -0.39 is 10.0 Å². The molecule has 0 unspecified atom stereocenters. The van der Waals surface area contributed by atoms with Gasteiger partial charge in [-0.2, -0.15) is 4.31 Å². The summed E-state index contributed by atoms with van der Waals surface area (Å²) < 4.78 is 27.3.